The molecule has 2 heterocycles. The molecule has 2 aromatic rings. The summed E-state index contributed by atoms with van der Waals surface area (Å²) in [6.45, 7) is 6.82. The van der Waals surface area contributed by atoms with Crippen molar-refractivity contribution in [2.24, 2.45) is 5.16 Å². The van der Waals surface area contributed by atoms with Crippen LogP contribution in [0.3, 0.4) is 0 Å². The summed E-state index contributed by atoms with van der Waals surface area (Å²) in [5.41, 5.74) is 7.37. The SMILES string of the molecule is CON=Cc1c(N)ncnc1N1CCN(C(=O)C(CNC(C)C)c2ccc(Cl)cc2Cl)CC1. The number of aromatic nitrogens is 2. The summed E-state index contributed by atoms with van der Waals surface area (Å²) in [5, 5.41) is 8.20. The minimum atomic E-state index is -0.414. The lowest BCUT2D eigenvalue weighted by Crippen LogP contribution is -2.51. The number of amides is 1. The van der Waals surface area contributed by atoms with E-state index in [1.165, 1.54) is 19.7 Å². The Hall–Kier alpha value is -2.62. The van der Waals surface area contributed by atoms with Crippen molar-refractivity contribution in [2.75, 3.05) is 50.5 Å². The molecule has 178 valence electrons. The Balaban J connectivity index is 1.76. The summed E-state index contributed by atoms with van der Waals surface area (Å²) in [6.07, 6.45) is 2.92. The van der Waals surface area contributed by atoms with Gasteiger partial charge in [-0.3, -0.25) is 4.79 Å². The molecule has 0 bridgehead atoms. The summed E-state index contributed by atoms with van der Waals surface area (Å²) in [5.74, 6) is 0.587. The second kappa shape index (κ2) is 11.5. The molecule has 1 aliphatic rings. The van der Waals surface area contributed by atoms with E-state index in [1.54, 1.807) is 12.1 Å². The highest BCUT2D eigenvalue weighted by atomic mass is 35.5. The monoisotopic (exact) mass is 493 g/mol. The fourth-order valence-electron chi connectivity index (χ4n) is 3.71. The molecule has 9 nitrogen and oxygen atoms in total. The molecule has 1 unspecified atom stereocenters. The lowest BCUT2D eigenvalue weighted by atomic mass is 9.96. The minimum Gasteiger partial charge on any atom is -0.399 e. The maximum absolute atomic E-state index is 13.5. The number of nitrogens with one attached hydrogen (secondary N) is 1. The number of anilines is 2. The van der Waals surface area contributed by atoms with Gasteiger partial charge in [-0.05, 0) is 17.7 Å². The smallest absolute Gasteiger partial charge is 0.231 e. The average molecular weight is 494 g/mol. The van der Waals surface area contributed by atoms with Crippen LogP contribution in [-0.4, -0.2) is 72.9 Å². The Kier molecular flexibility index (Phi) is 8.71. The van der Waals surface area contributed by atoms with Crippen LogP contribution in [0.15, 0.2) is 29.7 Å². The van der Waals surface area contributed by atoms with Gasteiger partial charge in [0.05, 0.1) is 17.7 Å². The molecule has 3 N–H and O–H groups in total. The molecule has 0 spiro atoms. The third-order valence-electron chi connectivity index (χ3n) is 5.44. The number of carbonyl (C=O) groups excluding carboxylic acids is 1. The van der Waals surface area contributed by atoms with Gasteiger partial charge in [-0.2, -0.15) is 0 Å². The van der Waals surface area contributed by atoms with Gasteiger partial charge >= 0.3 is 0 Å². The summed E-state index contributed by atoms with van der Waals surface area (Å²) in [7, 11) is 1.46. The van der Waals surface area contributed by atoms with Crippen LogP contribution in [0.5, 0.6) is 0 Å². The molecule has 0 saturated carbocycles. The third kappa shape index (κ3) is 6.25. The maximum Gasteiger partial charge on any atom is 0.231 e. The fraction of sp³-hybridized carbons (Fsp3) is 0.455. The van der Waals surface area contributed by atoms with Gasteiger partial charge in [0, 0.05) is 48.8 Å². The number of hydrogen-bond donors (Lipinski definition) is 2. The van der Waals surface area contributed by atoms with Gasteiger partial charge in [0.1, 0.15) is 25.1 Å². The zero-order valence-electron chi connectivity index (χ0n) is 19.0. The maximum atomic E-state index is 13.5. The zero-order valence-corrected chi connectivity index (χ0v) is 20.5. The number of rotatable bonds is 8. The van der Waals surface area contributed by atoms with Crippen molar-refractivity contribution in [3.63, 3.8) is 0 Å². The van der Waals surface area contributed by atoms with Crippen molar-refractivity contribution in [3.05, 3.63) is 45.7 Å². The van der Waals surface area contributed by atoms with E-state index >= 15 is 0 Å². The summed E-state index contributed by atoms with van der Waals surface area (Å²) in [6, 6.07) is 5.50. The van der Waals surface area contributed by atoms with Crippen LogP contribution in [0.1, 0.15) is 30.9 Å². The molecule has 0 aliphatic carbocycles. The van der Waals surface area contributed by atoms with Gasteiger partial charge in [-0.25, -0.2) is 9.97 Å². The lowest BCUT2D eigenvalue weighted by Gasteiger charge is -2.37. The normalized spacial score (nSPS) is 15.3. The van der Waals surface area contributed by atoms with Gasteiger partial charge in [-0.15, -0.1) is 0 Å². The molecule has 3 rings (SSSR count). The minimum absolute atomic E-state index is 0.0235. The van der Waals surface area contributed by atoms with E-state index < -0.39 is 5.92 Å². The molecule has 1 atom stereocenters. The molecule has 1 amide bonds. The molecule has 1 aromatic carbocycles. The number of oxime groups is 1. The van der Waals surface area contributed by atoms with Gasteiger partial charge < -0.3 is 25.7 Å². The Bertz CT molecular complexity index is 995. The number of carbonyl (C=O) groups is 1. The summed E-state index contributed by atoms with van der Waals surface area (Å²) >= 11 is 12.5. The quantitative estimate of drug-likeness (QED) is 0.429. The number of hydrogen-bond acceptors (Lipinski definition) is 8. The Morgan fingerprint density at radius 3 is 2.64 bits per heavy atom. The zero-order chi connectivity index (χ0) is 24.0. The molecule has 33 heavy (non-hydrogen) atoms. The van der Waals surface area contributed by atoms with Crippen LogP contribution < -0.4 is 16.0 Å². The number of nitrogen functional groups attached to an aromatic ring is 1. The summed E-state index contributed by atoms with van der Waals surface area (Å²) in [4.78, 5) is 30.7. The second-order valence-corrected chi connectivity index (χ2v) is 8.85. The molecular weight excluding hydrogens is 465 g/mol. The lowest BCUT2D eigenvalue weighted by molar-refractivity contribution is -0.133. The predicted octanol–water partition coefficient (Wildman–Crippen LogP) is 2.78. The Labute approximate surface area is 203 Å². The molecule has 1 fully saturated rings. The van der Waals surface area contributed by atoms with Crippen molar-refractivity contribution in [1.82, 2.24) is 20.2 Å². The third-order valence-corrected chi connectivity index (χ3v) is 6.00. The first-order chi connectivity index (χ1) is 15.8. The molecular formula is C22H29Cl2N7O2. The standard InChI is InChI=1S/C22H29Cl2N7O2/c1-14(2)26-11-17(16-5-4-15(23)10-19(16)24)22(32)31-8-6-30(7-9-31)21-18(12-29-33-3)20(25)27-13-28-21/h4-5,10,12-14,17,26H,6-9,11H2,1-3H3,(H2,25,27,28). The van der Waals surface area contributed by atoms with Crippen molar-refractivity contribution >= 4 is 47.0 Å². The van der Waals surface area contributed by atoms with E-state index in [4.69, 9.17) is 33.8 Å². The number of benzene rings is 1. The van der Waals surface area contributed by atoms with E-state index in [0.717, 1.165) is 5.56 Å². The highest BCUT2D eigenvalue weighted by Gasteiger charge is 2.31. The fourth-order valence-corrected chi connectivity index (χ4v) is 4.25. The van der Waals surface area contributed by atoms with Crippen LogP contribution in [0.4, 0.5) is 11.6 Å². The van der Waals surface area contributed by atoms with Gasteiger partial charge in [0.25, 0.3) is 0 Å². The first kappa shape index (κ1) is 25.0. The van der Waals surface area contributed by atoms with Crippen molar-refractivity contribution in [2.45, 2.75) is 25.8 Å². The number of nitrogens with zero attached hydrogens (tertiary/aromatic N) is 5. The Morgan fingerprint density at radius 1 is 1.27 bits per heavy atom. The molecule has 1 saturated heterocycles. The highest BCUT2D eigenvalue weighted by molar-refractivity contribution is 6.35. The van der Waals surface area contributed by atoms with E-state index in [-0.39, 0.29) is 11.9 Å². The van der Waals surface area contributed by atoms with Crippen molar-refractivity contribution in [3.8, 4) is 0 Å². The van der Waals surface area contributed by atoms with Crippen molar-refractivity contribution < 1.29 is 9.63 Å². The highest BCUT2D eigenvalue weighted by Crippen LogP contribution is 2.30. The van der Waals surface area contributed by atoms with E-state index in [0.29, 0.717) is 60.0 Å². The predicted molar refractivity (Wildman–Crippen MR) is 132 cm³/mol. The number of halogens is 2. The topological polar surface area (TPSA) is 109 Å². The number of nitrogens with two attached hydrogens (primary N) is 1. The van der Waals surface area contributed by atoms with Gasteiger partial charge in [0.2, 0.25) is 5.91 Å². The Morgan fingerprint density at radius 2 is 2.00 bits per heavy atom. The van der Waals surface area contributed by atoms with Crippen LogP contribution in [0.25, 0.3) is 0 Å². The van der Waals surface area contributed by atoms with E-state index in [9.17, 15) is 4.79 Å². The second-order valence-electron chi connectivity index (χ2n) is 8.01. The van der Waals surface area contributed by atoms with E-state index in [1.807, 2.05) is 24.8 Å². The van der Waals surface area contributed by atoms with Crippen molar-refractivity contribution in [1.29, 1.82) is 0 Å². The molecule has 1 aromatic heterocycles. The molecule has 11 heteroatoms. The van der Waals surface area contributed by atoms with Crippen LogP contribution >= 0.6 is 23.2 Å². The molecule has 1 aliphatic heterocycles. The van der Waals surface area contributed by atoms with Gasteiger partial charge in [0.15, 0.2) is 0 Å². The largest absolute Gasteiger partial charge is 0.399 e. The van der Waals surface area contributed by atoms with E-state index in [2.05, 4.69) is 25.3 Å². The van der Waals surface area contributed by atoms with Gasteiger partial charge in [-0.1, -0.05) is 48.3 Å². The molecule has 0 radical (unpaired) electrons. The van der Waals surface area contributed by atoms with Crippen LogP contribution in [0, 0.1) is 0 Å². The summed E-state index contributed by atoms with van der Waals surface area (Å²) < 4.78 is 0. The van der Waals surface area contributed by atoms with Crippen LogP contribution in [-0.2, 0) is 9.63 Å². The first-order valence-electron chi connectivity index (χ1n) is 10.7. The van der Waals surface area contributed by atoms with Crippen LogP contribution in [0.2, 0.25) is 10.0 Å². The average Bonchev–Trinajstić information content (AvgIpc) is 2.79. The first-order valence-corrected chi connectivity index (χ1v) is 11.5. The number of piperazine rings is 1.